The van der Waals surface area contributed by atoms with Crippen LogP contribution in [0, 0.1) is 13.8 Å². The normalized spacial score (nSPS) is 16.0. The van der Waals surface area contributed by atoms with Gasteiger partial charge in [-0.3, -0.25) is 15.0 Å². The molecule has 1 aliphatic heterocycles. The highest BCUT2D eigenvalue weighted by atomic mass is 35.5. The summed E-state index contributed by atoms with van der Waals surface area (Å²) in [5, 5.41) is 32.8. The van der Waals surface area contributed by atoms with Crippen LogP contribution in [-0.2, 0) is 9.59 Å². The van der Waals surface area contributed by atoms with Gasteiger partial charge >= 0.3 is 0 Å². The van der Waals surface area contributed by atoms with Crippen molar-refractivity contribution in [3.63, 3.8) is 0 Å². The van der Waals surface area contributed by atoms with Gasteiger partial charge in [-0.15, -0.1) is 0 Å². The molecule has 16 heteroatoms. The van der Waals surface area contributed by atoms with E-state index in [9.17, 15) is 19.8 Å². The minimum Gasteiger partial charge on any atom is -0.508 e. The van der Waals surface area contributed by atoms with Crippen molar-refractivity contribution in [1.82, 2.24) is 5.43 Å². The summed E-state index contributed by atoms with van der Waals surface area (Å²) in [5.41, 5.74) is 10.7. The van der Waals surface area contributed by atoms with Gasteiger partial charge in [0.05, 0.1) is 20.8 Å². The molecule has 5 rings (SSSR count). The van der Waals surface area contributed by atoms with Crippen molar-refractivity contribution < 1.29 is 24.5 Å². The van der Waals surface area contributed by atoms with Crippen molar-refractivity contribution in [3.8, 4) is 17.2 Å². The van der Waals surface area contributed by atoms with Crippen LogP contribution in [0.2, 0.25) is 20.1 Å². The van der Waals surface area contributed by atoms with E-state index < -0.39 is 24.0 Å². The number of aryl methyl sites for hydroxylation is 2. The van der Waals surface area contributed by atoms with Gasteiger partial charge in [-0.1, -0.05) is 52.5 Å². The maximum absolute atomic E-state index is 13.8. The topological polar surface area (TPSA) is 174 Å². The number of hydrogen-bond acceptors (Lipinski definition) is 9. The van der Waals surface area contributed by atoms with Crippen LogP contribution in [0.5, 0.6) is 17.2 Å². The molecule has 0 aromatic heterocycles. The van der Waals surface area contributed by atoms with Gasteiger partial charge in [0.2, 0.25) is 6.04 Å². The largest absolute Gasteiger partial charge is 0.508 e. The number of aromatic hydroxyl groups is 2. The lowest BCUT2D eigenvalue weighted by Crippen LogP contribution is -2.39. The lowest BCUT2D eigenvalue weighted by Gasteiger charge is -2.19. The van der Waals surface area contributed by atoms with Crippen molar-refractivity contribution in [3.05, 3.63) is 97.9 Å². The number of halogens is 4. The van der Waals surface area contributed by atoms with Gasteiger partial charge in [-0.05, 0) is 85.6 Å². The Morgan fingerprint density at radius 3 is 2.35 bits per heavy atom. The highest BCUT2D eigenvalue weighted by Crippen LogP contribution is 2.38. The summed E-state index contributed by atoms with van der Waals surface area (Å²) in [5.74, 6) is -0.933. The molecule has 12 nitrogen and oxygen atoms in total. The van der Waals surface area contributed by atoms with Gasteiger partial charge in [0.1, 0.15) is 28.6 Å². The second-order valence-electron chi connectivity index (χ2n) is 10.6. The molecule has 0 spiro atoms. The number of anilines is 2. The maximum atomic E-state index is 13.8. The van der Waals surface area contributed by atoms with E-state index in [0.717, 1.165) is 10.6 Å². The number of ether oxygens (including phenoxy) is 1. The molecule has 48 heavy (non-hydrogen) atoms. The summed E-state index contributed by atoms with van der Waals surface area (Å²) >= 11 is 25.4. The summed E-state index contributed by atoms with van der Waals surface area (Å²) in [6, 6.07) is 15.3. The highest BCUT2D eigenvalue weighted by Gasteiger charge is 2.41. The predicted molar refractivity (Wildman–Crippen MR) is 187 cm³/mol. The van der Waals surface area contributed by atoms with E-state index >= 15 is 0 Å². The first-order chi connectivity index (χ1) is 22.8. The standard InChI is InChI=1S/C32H27Cl4N7O5/c1-15-3-7-26(45)24(9-15)40-41-28-30(42-43(32(28)47)29-21(35)11-17(33)12-22(29)36)39-23-13-18(4-6-20(23)34)38-31(46)27(14-37)48-19-5-8-25(44)16(2)10-19/h3-13,27-28,44-45H,14,37H2,1-2H3,(H,38,46)(H,39,42). The van der Waals surface area contributed by atoms with E-state index in [-0.39, 0.29) is 61.0 Å². The smallest absolute Gasteiger partial charge is 0.280 e. The average molecular weight is 731 g/mol. The molecule has 248 valence electrons. The quantitative estimate of drug-likeness (QED) is 0.112. The first-order valence-electron chi connectivity index (χ1n) is 14.2. The summed E-state index contributed by atoms with van der Waals surface area (Å²) in [6.07, 6.45) is -1.07. The van der Waals surface area contributed by atoms with Crippen molar-refractivity contribution in [2.75, 3.05) is 16.9 Å². The summed E-state index contributed by atoms with van der Waals surface area (Å²) in [4.78, 5) is 31.4. The Morgan fingerprint density at radius 2 is 1.67 bits per heavy atom. The Kier molecular flexibility index (Phi) is 10.6. The van der Waals surface area contributed by atoms with Crippen molar-refractivity contribution in [2.24, 2.45) is 21.0 Å². The fraction of sp³-hybridized carbons (Fsp3) is 0.156. The number of phenols is 2. The molecule has 1 fully saturated rings. The number of nitrogens with one attached hydrogen (secondary N) is 2. The lowest BCUT2D eigenvalue weighted by atomic mass is 10.2. The summed E-state index contributed by atoms with van der Waals surface area (Å²) < 4.78 is 5.76. The molecule has 2 atom stereocenters. The molecule has 2 amide bonds. The Morgan fingerprint density at radius 1 is 0.958 bits per heavy atom. The minimum absolute atomic E-state index is 0.0192. The molecule has 6 N–H and O–H groups in total. The van der Waals surface area contributed by atoms with Gasteiger partial charge in [-0.25, -0.2) is 10.0 Å². The van der Waals surface area contributed by atoms with E-state index in [1.165, 1.54) is 42.5 Å². The van der Waals surface area contributed by atoms with Gasteiger partial charge in [0, 0.05) is 17.3 Å². The van der Waals surface area contributed by atoms with Crippen LogP contribution in [0.3, 0.4) is 0 Å². The van der Waals surface area contributed by atoms with E-state index in [2.05, 4.69) is 26.0 Å². The maximum Gasteiger partial charge on any atom is 0.280 e. The molecule has 1 aliphatic rings. The number of hydrazine groups is 1. The number of rotatable bonds is 9. The minimum atomic E-state index is -1.36. The number of amidine groups is 1. The lowest BCUT2D eigenvalue weighted by molar-refractivity contribution is -0.122. The number of benzene rings is 4. The molecular weight excluding hydrogens is 704 g/mol. The van der Waals surface area contributed by atoms with E-state index in [1.807, 2.05) is 6.92 Å². The van der Waals surface area contributed by atoms with Gasteiger partial charge in [0.25, 0.3) is 11.8 Å². The molecule has 1 saturated heterocycles. The second-order valence-corrected chi connectivity index (χ2v) is 12.2. The first-order valence-corrected chi connectivity index (χ1v) is 15.7. The van der Waals surface area contributed by atoms with Crippen molar-refractivity contribution in [2.45, 2.75) is 26.0 Å². The van der Waals surface area contributed by atoms with Crippen molar-refractivity contribution in [1.29, 1.82) is 0 Å². The molecule has 0 saturated carbocycles. The predicted octanol–water partition coefficient (Wildman–Crippen LogP) is 7.41. The zero-order valence-electron chi connectivity index (χ0n) is 25.2. The first kappa shape index (κ1) is 34.7. The zero-order valence-corrected chi connectivity index (χ0v) is 28.2. The molecule has 2 unspecified atom stereocenters. The number of azo groups is 1. The number of phenolic OH excluding ortho intramolecular Hbond substituents is 2. The Hall–Kier alpha value is -4.59. The molecule has 4 aromatic carbocycles. The highest BCUT2D eigenvalue weighted by molar-refractivity contribution is 6.43. The zero-order chi connectivity index (χ0) is 34.7. The Bertz CT molecular complexity index is 1950. The third-order valence-electron chi connectivity index (χ3n) is 6.96. The number of hydrogen-bond donors (Lipinski definition) is 5. The number of nitrogens with two attached hydrogens (primary N) is 1. The molecule has 0 radical (unpaired) electrons. The van der Waals surface area contributed by atoms with E-state index in [0.29, 0.717) is 17.0 Å². The Balaban J connectivity index is 1.47. The molecule has 0 aliphatic carbocycles. The van der Waals surface area contributed by atoms with Crippen LogP contribution in [0.4, 0.5) is 22.7 Å². The summed E-state index contributed by atoms with van der Waals surface area (Å²) in [6.45, 7) is 3.36. The van der Waals surface area contributed by atoms with Gasteiger partial charge in [-0.2, -0.15) is 10.2 Å². The van der Waals surface area contributed by atoms with Crippen LogP contribution >= 0.6 is 46.4 Å². The van der Waals surface area contributed by atoms with Gasteiger partial charge < -0.3 is 26.0 Å². The molecule has 4 aromatic rings. The fourth-order valence-electron chi connectivity index (χ4n) is 4.51. The van der Waals surface area contributed by atoms with Crippen molar-refractivity contribution >= 4 is 86.8 Å². The number of carbonyl (C=O) groups excluding carboxylic acids is 2. The number of amides is 2. The third kappa shape index (κ3) is 7.75. The number of aliphatic imine (C=N–C) groups is 1. The number of carbonyl (C=O) groups is 2. The van der Waals surface area contributed by atoms with Crippen LogP contribution in [0.25, 0.3) is 0 Å². The third-order valence-corrected chi connectivity index (χ3v) is 8.08. The molecular formula is C32H27Cl4N7O5. The van der Waals surface area contributed by atoms with Crippen LogP contribution in [-0.4, -0.2) is 46.6 Å². The Labute approximate surface area is 294 Å². The second kappa shape index (κ2) is 14.7. The van der Waals surface area contributed by atoms with Gasteiger partial charge in [0.15, 0.2) is 11.9 Å². The average Bonchev–Trinajstić information content (AvgIpc) is 3.32. The summed E-state index contributed by atoms with van der Waals surface area (Å²) in [7, 11) is 0. The van der Waals surface area contributed by atoms with Crippen LogP contribution < -0.4 is 26.2 Å². The SMILES string of the molecule is Cc1ccc(O)c(N=NC2C(=O)N(c3c(Cl)cc(Cl)cc3Cl)NC2=Nc2cc(NC(=O)C(CN)Oc3ccc(O)c(C)c3)ccc2Cl)c1. The fourth-order valence-corrected chi connectivity index (χ4v) is 5.66. The monoisotopic (exact) mass is 729 g/mol. The van der Waals surface area contributed by atoms with Crippen LogP contribution in [0.1, 0.15) is 11.1 Å². The van der Waals surface area contributed by atoms with E-state index in [4.69, 9.17) is 56.9 Å². The van der Waals surface area contributed by atoms with Crippen LogP contribution in [0.15, 0.2) is 82.0 Å². The molecule has 1 heterocycles. The molecule has 0 bridgehead atoms. The number of nitrogens with zero attached hydrogens (tertiary/aromatic N) is 4. The van der Waals surface area contributed by atoms with E-state index in [1.54, 1.807) is 31.2 Å².